The van der Waals surface area contributed by atoms with Crippen molar-refractivity contribution in [2.45, 2.75) is 18.4 Å². The molecule has 0 saturated carbocycles. The Labute approximate surface area is 205 Å². The van der Waals surface area contributed by atoms with Gasteiger partial charge < -0.3 is 15.0 Å². The molecular weight excluding hydrogens is 466 g/mol. The van der Waals surface area contributed by atoms with Gasteiger partial charge in [-0.1, -0.05) is 42.5 Å². The van der Waals surface area contributed by atoms with Gasteiger partial charge in [0.05, 0.1) is 11.5 Å². The van der Waals surface area contributed by atoms with E-state index in [1.54, 1.807) is 31.2 Å². The van der Waals surface area contributed by atoms with E-state index in [1.165, 1.54) is 10.5 Å². The normalized spacial score (nSPS) is 15.0. The number of ether oxygens (including phenoxy) is 1. The molecule has 2 aromatic carbocycles. The van der Waals surface area contributed by atoms with Crippen LogP contribution in [0.1, 0.15) is 22.8 Å². The zero-order valence-electron chi connectivity index (χ0n) is 19.8. The van der Waals surface area contributed by atoms with Gasteiger partial charge in [-0.3, -0.25) is 0 Å². The maximum absolute atomic E-state index is 13.0. The van der Waals surface area contributed by atoms with Crippen molar-refractivity contribution in [2.75, 3.05) is 45.2 Å². The number of carbonyl (C=O) groups excluding carboxylic acids is 1. The summed E-state index contributed by atoms with van der Waals surface area (Å²) >= 11 is 0. The number of aromatic nitrogens is 2. The molecule has 0 atom stereocenters. The quantitative estimate of drug-likeness (QED) is 0.476. The lowest BCUT2D eigenvalue weighted by molar-refractivity contribution is 0.0526. The highest BCUT2D eigenvalue weighted by molar-refractivity contribution is 7.89. The lowest BCUT2D eigenvalue weighted by Crippen LogP contribution is -2.46. The molecule has 0 unspecified atom stereocenters. The van der Waals surface area contributed by atoms with Crippen LogP contribution >= 0.6 is 0 Å². The largest absolute Gasteiger partial charge is 0.462 e. The van der Waals surface area contributed by atoms with E-state index in [0.717, 1.165) is 11.1 Å². The van der Waals surface area contributed by atoms with E-state index in [0.29, 0.717) is 44.4 Å². The van der Waals surface area contributed by atoms with Crippen LogP contribution in [0.5, 0.6) is 0 Å². The summed E-state index contributed by atoms with van der Waals surface area (Å²) < 4.78 is 32.6. The first-order chi connectivity index (χ1) is 16.9. The molecular formula is C25H29N5O4S. The fourth-order valence-electron chi connectivity index (χ4n) is 3.74. The Bertz CT molecular complexity index is 1260. The van der Waals surface area contributed by atoms with Crippen LogP contribution in [0.3, 0.4) is 0 Å². The summed E-state index contributed by atoms with van der Waals surface area (Å²) in [4.78, 5) is 23.7. The molecule has 0 radical (unpaired) electrons. The second kappa shape index (κ2) is 10.9. The lowest BCUT2D eigenvalue weighted by Gasteiger charge is -2.31. The molecule has 0 aliphatic carbocycles. The molecule has 1 aromatic heterocycles. The van der Waals surface area contributed by atoms with Crippen LogP contribution < -0.4 is 5.32 Å². The maximum atomic E-state index is 13.0. The first-order valence-electron chi connectivity index (χ1n) is 11.5. The SMILES string of the molecule is CCOC(=O)c1cnc(-c2ccccc2)nc1NCc1ccc(S(=O)(=O)N2CCN(C)CC2)cc1. The summed E-state index contributed by atoms with van der Waals surface area (Å²) in [6.07, 6.45) is 1.46. The summed E-state index contributed by atoms with van der Waals surface area (Å²) in [6.45, 7) is 4.71. The summed E-state index contributed by atoms with van der Waals surface area (Å²) in [5, 5.41) is 3.19. The van der Waals surface area contributed by atoms with Gasteiger partial charge in [-0.15, -0.1) is 0 Å². The highest BCUT2D eigenvalue weighted by Crippen LogP contribution is 2.22. The van der Waals surface area contributed by atoms with Crippen LogP contribution in [0.25, 0.3) is 11.4 Å². The van der Waals surface area contributed by atoms with Crippen LogP contribution in [0.4, 0.5) is 5.82 Å². The highest BCUT2D eigenvalue weighted by atomic mass is 32.2. The van der Waals surface area contributed by atoms with Crippen LogP contribution in [-0.4, -0.2) is 73.4 Å². The predicted octanol–water partition coefficient (Wildman–Crippen LogP) is 2.87. The molecule has 9 nitrogen and oxygen atoms in total. The van der Waals surface area contributed by atoms with Gasteiger partial charge in [0.1, 0.15) is 11.4 Å². The number of hydrogen-bond donors (Lipinski definition) is 1. The number of anilines is 1. The van der Waals surface area contributed by atoms with E-state index < -0.39 is 16.0 Å². The van der Waals surface area contributed by atoms with Crippen molar-refractivity contribution in [1.29, 1.82) is 0 Å². The molecule has 1 fully saturated rings. The second-order valence-electron chi connectivity index (χ2n) is 8.25. The van der Waals surface area contributed by atoms with Crippen molar-refractivity contribution in [3.8, 4) is 11.4 Å². The van der Waals surface area contributed by atoms with Crippen molar-refractivity contribution in [1.82, 2.24) is 19.2 Å². The number of hydrogen-bond acceptors (Lipinski definition) is 8. The third-order valence-electron chi connectivity index (χ3n) is 5.80. The summed E-state index contributed by atoms with van der Waals surface area (Å²) in [5.74, 6) is 0.324. The Morgan fingerprint density at radius 3 is 2.37 bits per heavy atom. The standard InChI is InChI=1S/C25H29N5O4S/c1-3-34-25(31)22-18-27-23(20-7-5-4-6-8-20)28-24(22)26-17-19-9-11-21(12-10-19)35(32,33)30-15-13-29(2)14-16-30/h4-12,18H,3,13-17H2,1-2H3,(H,26,27,28). The molecule has 1 aliphatic rings. The van der Waals surface area contributed by atoms with Crippen LogP contribution in [-0.2, 0) is 21.3 Å². The number of esters is 1. The van der Waals surface area contributed by atoms with Gasteiger partial charge in [0.2, 0.25) is 10.0 Å². The van der Waals surface area contributed by atoms with Gasteiger partial charge in [-0.2, -0.15) is 4.31 Å². The Morgan fingerprint density at radius 1 is 1.03 bits per heavy atom. The highest BCUT2D eigenvalue weighted by Gasteiger charge is 2.27. The zero-order valence-corrected chi connectivity index (χ0v) is 20.7. The van der Waals surface area contributed by atoms with E-state index in [1.807, 2.05) is 37.4 Å². The Balaban J connectivity index is 1.51. The number of piperazine rings is 1. The van der Waals surface area contributed by atoms with Crippen LogP contribution in [0.15, 0.2) is 65.7 Å². The Hall–Kier alpha value is -3.34. The molecule has 0 spiro atoms. The second-order valence-corrected chi connectivity index (χ2v) is 10.2. The molecule has 10 heteroatoms. The Morgan fingerprint density at radius 2 is 1.71 bits per heavy atom. The molecule has 2 heterocycles. The first-order valence-corrected chi connectivity index (χ1v) is 12.9. The number of carbonyl (C=O) groups is 1. The molecule has 1 N–H and O–H groups in total. The average molecular weight is 496 g/mol. The molecule has 1 saturated heterocycles. The Kier molecular flexibility index (Phi) is 7.74. The molecule has 0 bridgehead atoms. The van der Waals surface area contributed by atoms with Crippen molar-refractivity contribution in [3.63, 3.8) is 0 Å². The fraction of sp³-hybridized carbons (Fsp3) is 0.320. The molecule has 184 valence electrons. The average Bonchev–Trinajstić information content (AvgIpc) is 2.88. The van der Waals surface area contributed by atoms with Crippen molar-refractivity contribution in [2.24, 2.45) is 0 Å². The van der Waals surface area contributed by atoms with Crippen molar-refractivity contribution >= 4 is 21.8 Å². The van der Waals surface area contributed by atoms with Gasteiger partial charge in [-0.05, 0) is 31.7 Å². The first kappa shape index (κ1) is 24.8. The summed E-state index contributed by atoms with van der Waals surface area (Å²) in [5.41, 5.74) is 1.90. The maximum Gasteiger partial charge on any atom is 0.343 e. The molecule has 1 aliphatic heterocycles. The van der Waals surface area contributed by atoms with Gasteiger partial charge in [0.15, 0.2) is 5.82 Å². The van der Waals surface area contributed by atoms with E-state index in [4.69, 9.17) is 4.74 Å². The topological polar surface area (TPSA) is 105 Å². The molecule has 0 amide bonds. The van der Waals surface area contributed by atoms with Crippen LogP contribution in [0.2, 0.25) is 0 Å². The van der Waals surface area contributed by atoms with E-state index in [-0.39, 0.29) is 17.1 Å². The number of rotatable bonds is 8. The minimum atomic E-state index is -3.53. The molecule has 3 aromatic rings. The smallest absolute Gasteiger partial charge is 0.343 e. The molecule has 4 rings (SSSR count). The fourth-order valence-corrected chi connectivity index (χ4v) is 5.17. The zero-order chi connectivity index (χ0) is 24.8. The number of nitrogens with one attached hydrogen (secondary N) is 1. The summed E-state index contributed by atoms with van der Waals surface area (Å²) in [6, 6.07) is 16.2. The third kappa shape index (κ3) is 5.84. The van der Waals surface area contributed by atoms with E-state index in [2.05, 4.69) is 20.2 Å². The minimum absolute atomic E-state index is 0.237. The number of nitrogens with zero attached hydrogens (tertiary/aromatic N) is 4. The predicted molar refractivity (Wildman–Crippen MR) is 133 cm³/mol. The monoisotopic (exact) mass is 495 g/mol. The van der Waals surface area contributed by atoms with Gasteiger partial charge >= 0.3 is 5.97 Å². The number of sulfonamides is 1. The van der Waals surface area contributed by atoms with Gasteiger partial charge in [0.25, 0.3) is 0 Å². The third-order valence-corrected chi connectivity index (χ3v) is 7.71. The minimum Gasteiger partial charge on any atom is -0.462 e. The summed E-state index contributed by atoms with van der Waals surface area (Å²) in [7, 11) is -1.54. The van der Waals surface area contributed by atoms with Crippen molar-refractivity contribution in [3.05, 3.63) is 71.9 Å². The van der Waals surface area contributed by atoms with Crippen LogP contribution in [0, 0.1) is 0 Å². The van der Waals surface area contributed by atoms with Crippen molar-refractivity contribution < 1.29 is 17.9 Å². The van der Waals surface area contributed by atoms with Gasteiger partial charge in [-0.25, -0.2) is 23.2 Å². The van der Waals surface area contributed by atoms with E-state index in [9.17, 15) is 13.2 Å². The van der Waals surface area contributed by atoms with Gasteiger partial charge in [0, 0.05) is 44.5 Å². The number of likely N-dealkylation sites (N-methyl/N-ethyl adjacent to an activating group) is 1. The number of benzene rings is 2. The lowest BCUT2D eigenvalue weighted by atomic mass is 10.2. The van der Waals surface area contributed by atoms with E-state index >= 15 is 0 Å². The molecule has 35 heavy (non-hydrogen) atoms.